The zero-order chi connectivity index (χ0) is 16.9. The molecule has 1 heterocycles. The first-order valence-electron chi connectivity index (χ1n) is 7.54. The summed E-state index contributed by atoms with van der Waals surface area (Å²) < 4.78 is 1.85. The van der Waals surface area contributed by atoms with Crippen molar-refractivity contribution in [3.05, 3.63) is 82.9 Å². The monoisotopic (exact) mass is 358 g/mol. The number of benzene rings is 2. The SMILES string of the molecule is CCN(/N=C(\c1ccccc1Cl)n1ccnc1)c1ccc(Cl)cc1. The van der Waals surface area contributed by atoms with Gasteiger partial charge in [-0.25, -0.2) is 4.98 Å². The number of hydrogen-bond acceptors (Lipinski definition) is 3. The molecule has 0 aliphatic heterocycles. The third-order valence-electron chi connectivity index (χ3n) is 3.50. The Kier molecular flexibility index (Phi) is 5.18. The van der Waals surface area contributed by atoms with Gasteiger partial charge < -0.3 is 0 Å². The van der Waals surface area contributed by atoms with Crippen LogP contribution in [-0.2, 0) is 0 Å². The van der Waals surface area contributed by atoms with Crippen molar-refractivity contribution in [2.75, 3.05) is 11.6 Å². The van der Waals surface area contributed by atoms with Crippen molar-refractivity contribution in [2.24, 2.45) is 5.10 Å². The molecule has 0 saturated carbocycles. The average molecular weight is 359 g/mol. The molecule has 0 atom stereocenters. The van der Waals surface area contributed by atoms with Crippen LogP contribution in [0.3, 0.4) is 0 Å². The van der Waals surface area contributed by atoms with Gasteiger partial charge >= 0.3 is 0 Å². The van der Waals surface area contributed by atoms with Crippen LogP contribution < -0.4 is 5.01 Å². The lowest BCUT2D eigenvalue weighted by molar-refractivity contribution is 0.880. The normalized spacial score (nSPS) is 11.5. The van der Waals surface area contributed by atoms with Crippen molar-refractivity contribution in [1.29, 1.82) is 0 Å². The molecule has 24 heavy (non-hydrogen) atoms. The molecule has 0 bridgehead atoms. The van der Waals surface area contributed by atoms with Crippen molar-refractivity contribution in [1.82, 2.24) is 9.55 Å². The lowest BCUT2D eigenvalue weighted by Gasteiger charge is -2.20. The summed E-state index contributed by atoms with van der Waals surface area (Å²) in [7, 11) is 0. The van der Waals surface area contributed by atoms with E-state index in [2.05, 4.69) is 4.98 Å². The van der Waals surface area contributed by atoms with E-state index < -0.39 is 0 Å². The first-order valence-corrected chi connectivity index (χ1v) is 8.29. The van der Waals surface area contributed by atoms with E-state index in [4.69, 9.17) is 28.3 Å². The summed E-state index contributed by atoms with van der Waals surface area (Å²) in [6.07, 6.45) is 5.26. The lowest BCUT2D eigenvalue weighted by atomic mass is 10.2. The Labute approximate surface area is 151 Å². The molecule has 6 heteroatoms. The average Bonchev–Trinajstić information content (AvgIpc) is 3.12. The second-order valence-corrected chi connectivity index (χ2v) is 5.91. The van der Waals surface area contributed by atoms with Crippen LogP contribution in [0.15, 0.2) is 72.4 Å². The highest BCUT2D eigenvalue weighted by molar-refractivity contribution is 6.34. The van der Waals surface area contributed by atoms with Gasteiger partial charge in [0.15, 0.2) is 5.84 Å². The molecule has 2 aromatic carbocycles. The van der Waals surface area contributed by atoms with E-state index in [0.717, 1.165) is 11.3 Å². The van der Waals surface area contributed by atoms with Crippen LogP contribution >= 0.6 is 23.2 Å². The topological polar surface area (TPSA) is 33.4 Å². The van der Waals surface area contributed by atoms with Crippen LogP contribution in [0, 0.1) is 0 Å². The Morgan fingerprint density at radius 1 is 1.12 bits per heavy atom. The van der Waals surface area contributed by atoms with Crippen LogP contribution in [0.25, 0.3) is 0 Å². The quantitative estimate of drug-likeness (QED) is 0.376. The van der Waals surface area contributed by atoms with E-state index in [1.165, 1.54) is 0 Å². The standard InChI is InChI=1S/C18H16Cl2N4/c1-2-24(15-9-7-14(19)8-10-15)22-18(23-12-11-21-13-23)16-5-3-4-6-17(16)20/h3-13H,2H2,1H3/b22-18+. The van der Waals surface area contributed by atoms with Gasteiger partial charge in [-0.2, -0.15) is 5.10 Å². The minimum atomic E-state index is 0.636. The molecule has 122 valence electrons. The Hall–Kier alpha value is -2.30. The summed E-state index contributed by atoms with van der Waals surface area (Å²) >= 11 is 12.4. The molecule has 0 spiro atoms. The predicted molar refractivity (Wildman–Crippen MR) is 100 cm³/mol. The number of imidazole rings is 1. The molecule has 0 amide bonds. The van der Waals surface area contributed by atoms with E-state index >= 15 is 0 Å². The van der Waals surface area contributed by atoms with Gasteiger partial charge in [0, 0.05) is 29.5 Å². The van der Waals surface area contributed by atoms with E-state index in [-0.39, 0.29) is 0 Å². The van der Waals surface area contributed by atoms with Crippen molar-refractivity contribution < 1.29 is 0 Å². The highest BCUT2D eigenvalue weighted by Crippen LogP contribution is 2.21. The second-order valence-electron chi connectivity index (χ2n) is 5.07. The second kappa shape index (κ2) is 7.51. The highest BCUT2D eigenvalue weighted by Gasteiger charge is 2.13. The summed E-state index contributed by atoms with van der Waals surface area (Å²) in [5, 5.41) is 8.04. The summed E-state index contributed by atoms with van der Waals surface area (Å²) in [6.45, 7) is 2.74. The van der Waals surface area contributed by atoms with Crippen LogP contribution in [0.4, 0.5) is 5.69 Å². The fourth-order valence-corrected chi connectivity index (χ4v) is 2.66. The van der Waals surface area contributed by atoms with Gasteiger partial charge in [0.25, 0.3) is 0 Å². The van der Waals surface area contributed by atoms with Crippen molar-refractivity contribution in [3.63, 3.8) is 0 Å². The number of anilines is 1. The van der Waals surface area contributed by atoms with Gasteiger partial charge in [0.1, 0.15) is 6.33 Å². The first kappa shape index (κ1) is 16.6. The van der Waals surface area contributed by atoms with Gasteiger partial charge in [-0.1, -0.05) is 35.3 Å². The predicted octanol–water partition coefficient (Wildman–Crippen LogP) is 4.93. The molecular weight excluding hydrogens is 343 g/mol. The van der Waals surface area contributed by atoms with Crippen LogP contribution in [0.5, 0.6) is 0 Å². The van der Waals surface area contributed by atoms with Crippen LogP contribution in [0.1, 0.15) is 12.5 Å². The number of hydrogen-bond donors (Lipinski definition) is 0. The van der Waals surface area contributed by atoms with E-state index in [0.29, 0.717) is 22.4 Å². The molecule has 0 fully saturated rings. The molecule has 3 rings (SSSR count). The Bertz CT molecular complexity index is 826. The molecule has 0 aliphatic carbocycles. The smallest absolute Gasteiger partial charge is 0.167 e. The van der Waals surface area contributed by atoms with Crippen molar-refractivity contribution >= 4 is 34.7 Å². The Morgan fingerprint density at radius 2 is 1.88 bits per heavy atom. The third kappa shape index (κ3) is 3.61. The maximum Gasteiger partial charge on any atom is 0.167 e. The van der Waals surface area contributed by atoms with Crippen LogP contribution in [0.2, 0.25) is 10.0 Å². The Balaban J connectivity index is 2.09. The molecule has 0 radical (unpaired) electrons. The fraction of sp³-hybridized carbons (Fsp3) is 0.111. The van der Waals surface area contributed by atoms with Crippen molar-refractivity contribution in [2.45, 2.75) is 6.92 Å². The zero-order valence-corrected chi connectivity index (χ0v) is 14.6. The van der Waals surface area contributed by atoms with Crippen molar-refractivity contribution in [3.8, 4) is 0 Å². The molecule has 0 unspecified atom stereocenters. The molecule has 4 nitrogen and oxygen atoms in total. The Morgan fingerprint density at radius 3 is 2.50 bits per heavy atom. The molecule has 1 aromatic heterocycles. The van der Waals surface area contributed by atoms with E-state index in [1.54, 1.807) is 12.5 Å². The largest absolute Gasteiger partial charge is 0.289 e. The number of rotatable bonds is 4. The van der Waals surface area contributed by atoms with Gasteiger partial charge in [0.2, 0.25) is 0 Å². The summed E-state index contributed by atoms with van der Waals surface area (Å²) in [5.74, 6) is 0.704. The molecule has 0 saturated heterocycles. The number of halogens is 2. The van der Waals surface area contributed by atoms with Crippen LogP contribution in [-0.4, -0.2) is 21.9 Å². The minimum absolute atomic E-state index is 0.636. The highest BCUT2D eigenvalue weighted by atomic mass is 35.5. The maximum absolute atomic E-state index is 6.38. The zero-order valence-electron chi connectivity index (χ0n) is 13.1. The number of nitrogens with zero attached hydrogens (tertiary/aromatic N) is 4. The maximum atomic E-state index is 6.38. The summed E-state index contributed by atoms with van der Waals surface area (Å²) in [5.41, 5.74) is 1.79. The molecule has 0 aliphatic rings. The van der Waals surface area contributed by atoms with E-state index in [9.17, 15) is 0 Å². The summed E-state index contributed by atoms with van der Waals surface area (Å²) in [6, 6.07) is 15.2. The lowest BCUT2D eigenvalue weighted by Crippen LogP contribution is -2.22. The van der Waals surface area contributed by atoms with Gasteiger partial charge in [-0.3, -0.25) is 9.58 Å². The third-order valence-corrected chi connectivity index (χ3v) is 4.08. The summed E-state index contributed by atoms with van der Waals surface area (Å²) in [4.78, 5) is 4.12. The first-order chi connectivity index (χ1) is 11.7. The molecular formula is C18H16Cl2N4. The number of aromatic nitrogens is 2. The number of hydrazone groups is 1. The fourth-order valence-electron chi connectivity index (χ4n) is 2.31. The van der Waals surface area contributed by atoms with Gasteiger partial charge in [-0.05, 0) is 43.3 Å². The minimum Gasteiger partial charge on any atom is -0.289 e. The molecule has 0 N–H and O–H groups in total. The molecule has 3 aromatic rings. The van der Waals surface area contributed by atoms with Gasteiger partial charge in [-0.15, -0.1) is 0 Å². The van der Waals surface area contributed by atoms with Gasteiger partial charge in [0.05, 0.1) is 10.7 Å². The van der Waals surface area contributed by atoms with E-state index in [1.807, 2.05) is 71.2 Å².